The molecule has 0 unspecified atom stereocenters. The van der Waals surface area contributed by atoms with Crippen molar-refractivity contribution in [3.05, 3.63) is 35.9 Å². The van der Waals surface area contributed by atoms with Crippen LogP contribution in [-0.2, 0) is 4.79 Å². The molecule has 1 saturated carbocycles. The molecule has 2 nitrogen and oxygen atoms in total. The van der Waals surface area contributed by atoms with Gasteiger partial charge in [-0.25, -0.2) is 0 Å². The van der Waals surface area contributed by atoms with E-state index in [-0.39, 0.29) is 0 Å². The summed E-state index contributed by atoms with van der Waals surface area (Å²) in [6.45, 7) is 0. The number of aliphatic carboxylic acids is 1. The second-order valence-corrected chi connectivity index (χ2v) is 3.95. The molecule has 1 aliphatic rings. The zero-order chi connectivity index (χ0) is 9.97. The number of hydrogen-bond acceptors (Lipinski definition) is 1. The fraction of sp³-hybridized carbons (Fsp3) is 0.417. The molecular formula is C12H14O2. The molecule has 0 amide bonds. The van der Waals surface area contributed by atoms with Crippen LogP contribution in [0.4, 0.5) is 0 Å². The van der Waals surface area contributed by atoms with E-state index in [1.165, 1.54) is 5.56 Å². The highest BCUT2D eigenvalue weighted by atomic mass is 16.4. The predicted octanol–water partition coefficient (Wildman–Crippen LogP) is 2.65. The van der Waals surface area contributed by atoms with Crippen molar-refractivity contribution in [2.75, 3.05) is 0 Å². The first-order valence-corrected chi connectivity index (χ1v) is 5.04. The summed E-state index contributed by atoms with van der Waals surface area (Å²) >= 11 is 0. The van der Waals surface area contributed by atoms with E-state index in [0.717, 1.165) is 12.8 Å². The van der Waals surface area contributed by atoms with Gasteiger partial charge in [0.25, 0.3) is 0 Å². The molecule has 74 valence electrons. The fourth-order valence-electron chi connectivity index (χ4n) is 1.98. The summed E-state index contributed by atoms with van der Waals surface area (Å²) < 4.78 is 0. The SMILES string of the molecule is O=C(O)CC[C@@H]1C[C@H]1c1ccccc1. The third-order valence-electron chi connectivity index (χ3n) is 2.88. The van der Waals surface area contributed by atoms with E-state index >= 15 is 0 Å². The molecular weight excluding hydrogens is 176 g/mol. The van der Waals surface area contributed by atoms with E-state index in [1.54, 1.807) is 0 Å². The van der Waals surface area contributed by atoms with Crippen molar-refractivity contribution < 1.29 is 9.90 Å². The second kappa shape index (κ2) is 3.82. The van der Waals surface area contributed by atoms with Gasteiger partial charge in [0.1, 0.15) is 0 Å². The molecule has 1 fully saturated rings. The van der Waals surface area contributed by atoms with E-state index in [0.29, 0.717) is 18.3 Å². The summed E-state index contributed by atoms with van der Waals surface area (Å²) in [6, 6.07) is 10.4. The van der Waals surface area contributed by atoms with Crippen molar-refractivity contribution in [3.8, 4) is 0 Å². The van der Waals surface area contributed by atoms with E-state index in [2.05, 4.69) is 12.1 Å². The first kappa shape index (κ1) is 9.25. The highest BCUT2D eigenvalue weighted by molar-refractivity contribution is 5.66. The van der Waals surface area contributed by atoms with Crippen molar-refractivity contribution in [3.63, 3.8) is 0 Å². The molecule has 14 heavy (non-hydrogen) atoms. The van der Waals surface area contributed by atoms with Gasteiger partial charge in [0, 0.05) is 6.42 Å². The first-order chi connectivity index (χ1) is 6.77. The van der Waals surface area contributed by atoms with Gasteiger partial charge in [-0.05, 0) is 30.2 Å². The van der Waals surface area contributed by atoms with Gasteiger partial charge in [-0.2, -0.15) is 0 Å². The molecule has 0 heterocycles. The molecule has 0 bridgehead atoms. The number of carboxylic acids is 1. The summed E-state index contributed by atoms with van der Waals surface area (Å²) in [7, 11) is 0. The highest BCUT2D eigenvalue weighted by Gasteiger charge is 2.37. The Kier molecular flexibility index (Phi) is 2.53. The van der Waals surface area contributed by atoms with E-state index in [1.807, 2.05) is 18.2 Å². The normalized spacial score (nSPS) is 24.6. The Balaban J connectivity index is 1.85. The molecule has 1 aromatic rings. The zero-order valence-electron chi connectivity index (χ0n) is 8.02. The summed E-state index contributed by atoms with van der Waals surface area (Å²) in [4.78, 5) is 10.4. The van der Waals surface area contributed by atoms with Crippen LogP contribution < -0.4 is 0 Å². The Labute approximate surface area is 83.6 Å². The minimum atomic E-state index is -0.677. The summed E-state index contributed by atoms with van der Waals surface area (Å²) in [5, 5.41) is 8.55. The van der Waals surface area contributed by atoms with E-state index in [9.17, 15) is 4.79 Å². The van der Waals surface area contributed by atoms with Gasteiger partial charge in [0.2, 0.25) is 0 Å². The van der Waals surface area contributed by atoms with Gasteiger partial charge in [0.05, 0.1) is 0 Å². The fourth-order valence-corrected chi connectivity index (χ4v) is 1.98. The van der Waals surface area contributed by atoms with Crippen molar-refractivity contribution in [2.45, 2.75) is 25.2 Å². The molecule has 2 rings (SSSR count). The number of carbonyl (C=O) groups is 1. The van der Waals surface area contributed by atoms with Crippen LogP contribution in [0.15, 0.2) is 30.3 Å². The Morgan fingerprint density at radius 3 is 2.71 bits per heavy atom. The van der Waals surface area contributed by atoms with Crippen LogP contribution in [0.25, 0.3) is 0 Å². The minimum absolute atomic E-state index is 0.313. The highest BCUT2D eigenvalue weighted by Crippen LogP contribution is 2.49. The largest absolute Gasteiger partial charge is 0.481 e. The van der Waals surface area contributed by atoms with Gasteiger partial charge < -0.3 is 5.11 Å². The maximum atomic E-state index is 10.4. The Hall–Kier alpha value is -1.31. The van der Waals surface area contributed by atoms with Crippen molar-refractivity contribution in [1.82, 2.24) is 0 Å². The van der Waals surface area contributed by atoms with Gasteiger partial charge in [-0.3, -0.25) is 4.79 Å². The second-order valence-electron chi connectivity index (χ2n) is 3.95. The zero-order valence-corrected chi connectivity index (χ0v) is 8.02. The number of carboxylic acid groups (broad SMARTS) is 1. The average Bonchev–Trinajstić information content (AvgIpc) is 2.95. The van der Waals surface area contributed by atoms with Crippen LogP contribution in [-0.4, -0.2) is 11.1 Å². The Morgan fingerprint density at radius 2 is 2.07 bits per heavy atom. The predicted molar refractivity (Wildman–Crippen MR) is 54.2 cm³/mol. The minimum Gasteiger partial charge on any atom is -0.481 e. The van der Waals surface area contributed by atoms with Crippen LogP contribution >= 0.6 is 0 Å². The van der Waals surface area contributed by atoms with Crippen LogP contribution in [0, 0.1) is 5.92 Å². The summed E-state index contributed by atoms with van der Waals surface area (Å²) in [6.07, 6.45) is 2.31. The lowest BCUT2D eigenvalue weighted by Crippen LogP contribution is -1.95. The van der Waals surface area contributed by atoms with Crippen LogP contribution in [0.3, 0.4) is 0 Å². The molecule has 0 radical (unpaired) electrons. The number of rotatable bonds is 4. The monoisotopic (exact) mass is 190 g/mol. The maximum absolute atomic E-state index is 10.4. The molecule has 0 aromatic heterocycles. The molecule has 0 aliphatic heterocycles. The molecule has 1 aromatic carbocycles. The summed E-state index contributed by atoms with van der Waals surface area (Å²) in [5.74, 6) is 0.549. The lowest BCUT2D eigenvalue weighted by atomic mass is 10.1. The number of benzene rings is 1. The van der Waals surface area contributed by atoms with Crippen LogP contribution in [0.5, 0.6) is 0 Å². The van der Waals surface area contributed by atoms with Gasteiger partial charge >= 0.3 is 5.97 Å². The maximum Gasteiger partial charge on any atom is 0.303 e. The molecule has 2 heteroatoms. The quantitative estimate of drug-likeness (QED) is 0.792. The molecule has 1 aliphatic carbocycles. The van der Waals surface area contributed by atoms with Crippen LogP contribution in [0.2, 0.25) is 0 Å². The third-order valence-corrected chi connectivity index (χ3v) is 2.88. The third kappa shape index (κ3) is 2.13. The smallest absolute Gasteiger partial charge is 0.303 e. The van der Waals surface area contributed by atoms with Gasteiger partial charge in [-0.15, -0.1) is 0 Å². The van der Waals surface area contributed by atoms with Crippen molar-refractivity contribution >= 4 is 5.97 Å². The Bertz CT molecular complexity index is 318. The van der Waals surface area contributed by atoms with Crippen molar-refractivity contribution in [1.29, 1.82) is 0 Å². The van der Waals surface area contributed by atoms with Crippen LogP contribution in [0.1, 0.15) is 30.7 Å². The Morgan fingerprint density at radius 1 is 1.36 bits per heavy atom. The topological polar surface area (TPSA) is 37.3 Å². The molecule has 1 N–H and O–H groups in total. The van der Waals surface area contributed by atoms with E-state index < -0.39 is 5.97 Å². The molecule has 0 spiro atoms. The van der Waals surface area contributed by atoms with Gasteiger partial charge in [0.15, 0.2) is 0 Å². The molecule has 0 saturated heterocycles. The lowest BCUT2D eigenvalue weighted by Gasteiger charge is -1.98. The number of hydrogen-bond donors (Lipinski definition) is 1. The lowest BCUT2D eigenvalue weighted by molar-refractivity contribution is -0.137. The molecule has 2 atom stereocenters. The first-order valence-electron chi connectivity index (χ1n) is 5.04. The van der Waals surface area contributed by atoms with Crippen molar-refractivity contribution in [2.24, 2.45) is 5.92 Å². The van der Waals surface area contributed by atoms with Gasteiger partial charge in [-0.1, -0.05) is 30.3 Å². The average molecular weight is 190 g/mol. The summed E-state index contributed by atoms with van der Waals surface area (Å²) in [5.41, 5.74) is 1.36. The van der Waals surface area contributed by atoms with E-state index in [4.69, 9.17) is 5.11 Å². The standard InChI is InChI=1S/C12H14O2/c13-12(14)7-6-10-8-11(10)9-4-2-1-3-5-9/h1-5,10-11H,6-8H2,(H,13,14)/t10-,11+/m1/s1.